The van der Waals surface area contributed by atoms with Crippen molar-refractivity contribution in [3.63, 3.8) is 0 Å². The molecule has 0 aromatic heterocycles. The van der Waals surface area contributed by atoms with Crippen molar-refractivity contribution in [2.24, 2.45) is 0 Å². The molecule has 1 unspecified atom stereocenters. The molecule has 0 amide bonds. The lowest BCUT2D eigenvalue weighted by Gasteiger charge is -2.30. The van der Waals surface area contributed by atoms with Gasteiger partial charge in [0.2, 0.25) is 0 Å². The molecule has 0 saturated carbocycles. The highest BCUT2D eigenvalue weighted by atomic mass is 16.5. The number of benzene rings is 1. The van der Waals surface area contributed by atoms with Crippen LogP contribution in [0.3, 0.4) is 0 Å². The van der Waals surface area contributed by atoms with E-state index in [1.165, 1.54) is 24.1 Å². The Kier molecular flexibility index (Phi) is 3.93. The molecule has 2 heterocycles. The summed E-state index contributed by atoms with van der Waals surface area (Å²) in [6.45, 7) is 6.25. The Morgan fingerprint density at radius 3 is 3.00 bits per heavy atom. The molecule has 0 bridgehead atoms. The maximum absolute atomic E-state index is 5.51. The van der Waals surface area contributed by atoms with Crippen molar-refractivity contribution in [2.75, 3.05) is 32.8 Å². The second-order valence-electron chi connectivity index (χ2n) is 5.32. The van der Waals surface area contributed by atoms with Gasteiger partial charge in [0.1, 0.15) is 0 Å². The second kappa shape index (κ2) is 5.83. The van der Waals surface area contributed by atoms with Crippen LogP contribution in [0.25, 0.3) is 0 Å². The summed E-state index contributed by atoms with van der Waals surface area (Å²) in [5.74, 6) is 0. The van der Waals surface area contributed by atoms with Crippen molar-refractivity contribution in [3.8, 4) is 0 Å². The molecule has 1 saturated heterocycles. The van der Waals surface area contributed by atoms with Crippen LogP contribution in [-0.2, 0) is 17.7 Å². The van der Waals surface area contributed by atoms with Gasteiger partial charge in [-0.1, -0.05) is 24.3 Å². The average Bonchev–Trinajstić information content (AvgIpc) is 2.67. The van der Waals surface area contributed by atoms with E-state index in [0.717, 1.165) is 39.3 Å². The van der Waals surface area contributed by atoms with Gasteiger partial charge in [-0.25, -0.2) is 0 Å². The van der Waals surface area contributed by atoms with Gasteiger partial charge < -0.3 is 10.1 Å². The molecule has 1 aromatic rings. The number of hydrogen-bond acceptors (Lipinski definition) is 3. The molecule has 0 radical (unpaired) electrons. The third-order valence-corrected chi connectivity index (χ3v) is 3.96. The first-order valence-electron chi connectivity index (χ1n) is 7.02. The zero-order valence-electron chi connectivity index (χ0n) is 10.9. The molecule has 0 aliphatic carbocycles. The predicted octanol–water partition coefficient (Wildman–Crippen LogP) is 1.42. The highest BCUT2D eigenvalue weighted by molar-refractivity contribution is 5.29. The standard InChI is InChI=1S/C15H22N2O/c1-2-5-14-11-16-15(10-13(14)4-1)12-17-6-3-8-18-9-7-17/h1-2,4-5,15-16H,3,6-12H2. The fourth-order valence-electron chi connectivity index (χ4n) is 2.94. The Morgan fingerprint density at radius 1 is 1.17 bits per heavy atom. The summed E-state index contributed by atoms with van der Waals surface area (Å²) >= 11 is 0. The lowest BCUT2D eigenvalue weighted by Crippen LogP contribution is -2.45. The first-order valence-corrected chi connectivity index (χ1v) is 7.02. The second-order valence-corrected chi connectivity index (χ2v) is 5.32. The minimum absolute atomic E-state index is 0.595. The van der Waals surface area contributed by atoms with Crippen LogP contribution in [0.4, 0.5) is 0 Å². The van der Waals surface area contributed by atoms with Gasteiger partial charge in [0.15, 0.2) is 0 Å². The Balaban J connectivity index is 1.58. The number of hydrogen-bond donors (Lipinski definition) is 1. The number of nitrogens with one attached hydrogen (secondary N) is 1. The monoisotopic (exact) mass is 246 g/mol. The normalized spacial score (nSPS) is 25.4. The molecule has 3 nitrogen and oxygen atoms in total. The van der Waals surface area contributed by atoms with Crippen LogP contribution in [0.2, 0.25) is 0 Å². The Bertz CT molecular complexity index is 386. The molecule has 1 fully saturated rings. The van der Waals surface area contributed by atoms with Gasteiger partial charge in [-0.05, 0) is 24.0 Å². The van der Waals surface area contributed by atoms with Gasteiger partial charge in [-0.2, -0.15) is 0 Å². The highest BCUT2D eigenvalue weighted by Gasteiger charge is 2.20. The van der Waals surface area contributed by atoms with E-state index >= 15 is 0 Å². The Hall–Kier alpha value is -0.900. The fourth-order valence-corrected chi connectivity index (χ4v) is 2.94. The molecule has 3 heteroatoms. The Morgan fingerprint density at radius 2 is 2.06 bits per heavy atom. The van der Waals surface area contributed by atoms with Crippen LogP contribution in [0.5, 0.6) is 0 Å². The zero-order chi connectivity index (χ0) is 12.2. The summed E-state index contributed by atoms with van der Waals surface area (Å²) in [4.78, 5) is 2.54. The van der Waals surface area contributed by atoms with Crippen LogP contribution >= 0.6 is 0 Å². The van der Waals surface area contributed by atoms with Gasteiger partial charge in [0.05, 0.1) is 6.61 Å². The highest BCUT2D eigenvalue weighted by Crippen LogP contribution is 2.17. The van der Waals surface area contributed by atoms with E-state index in [1.807, 2.05) is 0 Å². The van der Waals surface area contributed by atoms with E-state index in [0.29, 0.717) is 6.04 Å². The summed E-state index contributed by atoms with van der Waals surface area (Å²) in [5.41, 5.74) is 2.99. The fraction of sp³-hybridized carbons (Fsp3) is 0.600. The van der Waals surface area contributed by atoms with E-state index in [9.17, 15) is 0 Å². The largest absolute Gasteiger partial charge is 0.380 e. The van der Waals surface area contributed by atoms with E-state index in [2.05, 4.69) is 34.5 Å². The van der Waals surface area contributed by atoms with Gasteiger partial charge in [0.25, 0.3) is 0 Å². The summed E-state index contributed by atoms with van der Waals surface area (Å²) in [6, 6.07) is 9.39. The number of nitrogens with zero attached hydrogens (tertiary/aromatic N) is 1. The molecule has 3 rings (SSSR count). The molecular weight excluding hydrogens is 224 g/mol. The summed E-state index contributed by atoms with van der Waals surface area (Å²) in [5, 5.41) is 3.66. The van der Waals surface area contributed by atoms with Crippen molar-refractivity contribution in [1.82, 2.24) is 10.2 Å². The quantitative estimate of drug-likeness (QED) is 0.854. The molecule has 1 aromatic carbocycles. The smallest absolute Gasteiger partial charge is 0.0593 e. The van der Waals surface area contributed by atoms with Crippen molar-refractivity contribution >= 4 is 0 Å². The molecule has 2 aliphatic heterocycles. The van der Waals surface area contributed by atoms with Crippen LogP contribution in [0.1, 0.15) is 17.5 Å². The van der Waals surface area contributed by atoms with Gasteiger partial charge >= 0.3 is 0 Å². The summed E-state index contributed by atoms with van der Waals surface area (Å²) in [6.07, 6.45) is 2.33. The number of ether oxygens (including phenoxy) is 1. The van der Waals surface area contributed by atoms with Crippen LogP contribution in [-0.4, -0.2) is 43.8 Å². The maximum Gasteiger partial charge on any atom is 0.0593 e. The van der Waals surface area contributed by atoms with Gasteiger partial charge in [0, 0.05) is 38.8 Å². The first kappa shape index (κ1) is 12.2. The van der Waals surface area contributed by atoms with Crippen LogP contribution in [0.15, 0.2) is 24.3 Å². The minimum Gasteiger partial charge on any atom is -0.380 e. The van der Waals surface area contributed by atoms with Gasteiger partial charge in [-0.3, -0.25) is 4.90 Å². The maximum atomic E-state index is 5.51. The van der Waals surface area contributed by atoms with E-state index in [4.69, 9.17) is 4.74 Å². The topological polar surface area (TPSA) is 24.5 Å². The third kappa shape index (κ3) is 2.91. The van der Waals surface area contributed by atoms with E-state index < -0.39 is 0 Å². The minimum atomic E-state index is 0.595. The lowest BCUT2D eigenvalue weighted by atomic mass is 9.95. The number of rotatable bonds is 2. The SMILES string of the molecule is c1ccc2c(c1)CNC(CN1CCCOCC1)C2. The molecule has 1 N–H and O–H groups in total. The van der Waals surface area contributed by atoms with Crippen LogP contribution < -0.4 is 5.32 Å². The molecule has 1 atom stereocenters. The van der Waals surface area contributed by atoms with Crippen molar-refractivity contribution in [3.05, 3.63) is 35.4 Å². The third-order valence-electron chi connectivity index (χ3n) is 3.96. The first-order chi connectivity index (χ1) is 8.92. The summed E-state index contributed by atoms with van der Waals surface area (Å²) < 4.78 is 5.51. The van der Waals surface area contributed by atoms with E-state index in [1.54, 1.807) is 0 Å². The molecular formula is C15H22N2O. The molecule has 2 aliphatic rings. The summed E-state index contributed by atoms with van der Waals surface area (Å²) in [7, 11) is 0. The van der Waals surface area contributed by atoms with Crippen LogP contribution in [0, 0.1) is 0 Å². The van der Waals surface area contributed by atoms with Crippen molar-refractivity contribution < 1.29 is 4.74 Å². The molecule has 18 heavy (non-hydrogen) atoms. The van der Waals surface area contributed by atoms with E-state index in [-0.39, 0.29) is 0 Å². The zero-order valence-corrected chi connectivity index (χ0v) is 10.9. The van der Waals surface area contributed by atoms with Crippen molar-refractivity contribution in [2.45, 2.75) is 25.4 Å². The van der Waals surface area contributed by atoms with Gasteiger partial charge in [-0.15, -0.1) is 0 Å². The predicted molar refractivity (Wildman–Crippen MR) is 72.6 cm³/mol. The van der Waals surface area contributed by atoms with Crippen molar-refractivity contribution in [1.29, 1.82) is 0 Å². The molecule has 0 spiro atoms. The number of fused-ring (bicyclic) bond motifs is 1. The lowest BCUT2D eigenvalue weighted by molar-refractivity contribution is 0.139. The molecule has 98 valence electrons. The Labute approximate surface area is 109 Å². The average molecular weight is 246 g/mol.